The number of aliphatic hydroxyl groups is 4. The Hall–Kier alpha value is -4.61. The van der Waals surface area contributed by atoms with Crippen LogP contribution in [0.3, 0.4) is 0 Å². The molecular formula is C52H81N9O11. The Bertz CT molecular complexity index is 2170. The molecule has 72 heavy (non-hydrogen) atoms. The van der Waals surface area contributed by atoms with Gasteiger partial charge in [0.2, 0.25) is 0 Å². The zero-order valence-electron chi connectivity index (χ0n) is 43.2. The van der Waals surface area contributed by atoms with Crippen LogP contribution in [0.1, 0.15) is 132 Å². The number of aliphatic hydroxyl groups excluding tert-OH is 4. The maximum absolute atomic E-state index is 12.0. The second kappa shape index (κ2) is 27.1. The van der Waals surface area contributed by atoms with Crippen LogP contribution >= 0.6 is 0 Å². The molecule has 3 aromatic heterocycles. The fourth-order valence-electron chi connectivity index (χ4n) is 9.32. The average molecular weight is 1010 g/mol. The maximum Gasteiger partial charge on any atom is 0.413 e. The normalized spacial score (nSPS) is 24.4. The van der Waals surface area contributed by atoms with E-state index in [0.29, 0.717) is 61.3 Å². The third-order valence-electron chi connectivity index (χ3n) is 12.8. The summed E-state index contributed by atoms with van der Waals surface area (Å²) in [4.78, 5) is 41.7. The minimum Gasteiger partial charge on any atom is -0.444 e. The molecule has 6 fully saturated rings. The summed E-state index contributed by atoms with van der Waals surface area (Å²) in [5, 5.41) is 45.9. The quantitative estimate of drug-likeness (QED) is 0.133. The molecule has 0 bridgehead atoms. The SMILES string of the molecule is CC(C)(C)OC(=O)Nc1ccc(C2CCOC2)c(CO)n1.CC(C)(C)OC(=O)Nc1ccc([C@H]2CCOC2)c(CN2CC[C@@H](O)C2)n1.Nc1ccc([C@H]2CCOC2)c(CN2CC[C@@H](O)C2)n1.O[C@@H]1CCNC1. The van der Waals surface area contributed by atoms with Crippen LogP contribution in [0.15, 0.2) is 36.4 Å². The van der Waals surface area contributed by atoms with Crippen molar-refractivity contribution in [2.75, 3.05) is 95.3 Å². The highest BCUT2D eigenvalue weighted by molar-refractivity contribution is 5.84. The summed E-state index contributed by atoms with van der Waals surface area (Å²) in [7, 11) is 0. The summed E-state index contributed by atoms with van der Waals surface area (Å²) in [6.07, 6.45) is 3.94. The Morgan fingerprint density at radius 3 is 1.42 bits per heavy atom. The van der Waals surface area contributed by atoms with Crippen molar-refractivity contribution in [2.45, 2.75) is 147 Å². The van der Waals surface area contributed by atoms with Gasteiger partial charge >= 0.3 is 12.2 Å². The number of rotatable bonds is 10. The maximum atomic E-state index is 12.0. The number of anilines is 3. The third kappa shape index (κ3) is 18.7. The molecular weight excluding hydrogens is 927 g/mol. The summed E-state index contributed by atoms with van der Waals surface area (Å²) in [6, 6.07) is 11.4. The van der Waals surface area contributed by atoms with Crippen molar-refractivity contribution in [3.63, 3.8) is 0 Å². The number of pyridine rings is 3. The van der Waals surface area contributed by atoms with Crippen molar-refractivity contribution in [3.05, 3.63) is 70.2 Å². The average Bonchev–Trinajstić information content (AvgIpc) is 4.17. The summed E-state index contributed by atoms with van der Waals surface area (Å²) in [5.74, 6) is 2.46. The van der Waals surface area contributed by atoms with E-state index in [1.807, 2.05) is 45.0 Å². The van der Waals surface area contributed by atoms with Crippen LogP contribution in [0.2, 0.25) is 0 Å². The van der Waals surface area contributed by atoms with Gasteiger partial charge in [0.15, 0.2) is 0 Å². The summed E-state index contributed by atoms with van der Waals surface area (Å²) in [5.41, 5.74) is 10.6. The fourth-order valence-corrected chi connectivity index (χ4v) is 9.32. The van der Waals surface area contributed by atoms with Gasteiger partial charge in [-0.05, 0) is 122 Å². The highest BCUT2D eigenvalue weighted by atomic mass is 16.6. The molecule has 0 radical (unpaired) electrons. The standard InChI is InChI=1S/C19H29N3O4.C15H22N2O4.C14H21N3O2.C4H9NO/c1-19(2,3)26-18(24)21-17-5-4-15(13-7-9-25-12-13)16(20-17)11-22-8-6-14(23)10-22;1-15(2,3)21-14(19)17-13-5-4-11(12(8-18)16-13)10-6-7-20-9-10;15-14-2-1-12(10-4-6-19-9-10)13(16-14)8-17-5-3-11(18)7-17;6-4-1-2-5-3-4/h4-5,13-14,23H,6-12H2,1-3H3,(H,20,21,24);4-5,10,18H,6-9H2,1-3H3,(H,16,17,19);1-2,10-11,18H,3-9H2,(H2,15,16);4-6H,1-3H2/t13-,14+;;10-,11+;4-/m0.01/s1. The monoisotopic (exact) mass is 1010 g/mol. The van der Waals surface area contributed by atoms with E-state index < -0.39 is 23.4 Å². The summed E-state index contributed by atoms with van der Waals surface area (Å²) >= 11 is 0. The molecule has 0 spiro atoms. The predicted molar refractivity (Wildman–Crippen MR) is 273 cm³/mol. The largest absolute Gasteiger partial charge is 0.444 e. The Kier molecular flexibility index (Phi) is 21.3. The van der Waals surface area contributed by atoms with Gasteiger partial charge in [-0.1, -0.05) is 18.2 Å². The number of hydrogen-bond acceptors (Lipinski definition) is 18. The number of nitrogens with zero attached hydrogens (tertiary/aromatic N) is 5. The zero-order chi connectivity index (χ0) is 51.8. The second-order valence-corrected chi connectivity index (χ2v) is 21.3. The lowest BCUT2D eigenvalue weighted by molar-refractivity contribution is 0.0623. The van der Waals surface area contributed by atoms with Gasteiger partial charge in [-0.3, -0.25) is 20.4 Å². The Morgan fingerprint density at radius 2 is 1.07 bits per heavy atom. The first-order valence-electron chi connectivity index (χ1n) is 25.6. The molecule has 9 heterocycles. The summed E-state index contributed by atoms with van der Waals surface area (Å²) < 4.78 is 26.8. The molecule has 6 aliphatic rings. The molecule has 0 aromatic carbocycles. The number of carbonyl (C=O) groups excluding carboxylic acids is 2. The number of hydrogen-bond donors (Lipinski definition) is 8. The van der Waals surface area contributed by atoms with Gasteiger partial charge in [0, 0.05) is 83.4 Å². The lowest BCUT2D eigenvalue weighted by atomic mass is 9.96. The van der Waals surface area contributed by atoms with Crippen LogP contribution in [0.5, 0.6) is 0 Å². The smallest absolute Gasteiger partial charge is 0.413 e. The Balaban J connectivity index is 0.000000168. The number of likely N-dealkylation sites (tertiary alicyclic amines) is 2. The van der Waals surface area contributed by atoms with Crippen molar-refractivity contribution in [1.29, 1.82) is 0 Å². The lowest BCUT2D eigenvalue weighted by Crippen LogP contribution is -2.28. The van der Waals surface area contributed by atoms with Gasteiger partial charge in [0.25, 0.3) is 0 Å². The van der Waals surface area contributed by atoms with E-state index in [2.05, 4.69) is 46.8 Å². The van der Waals surface area contributed by atoms with Crippen molar-refractivity contribution in [1.82, 2.24) is 30.1 Å². The predicted octanol–water partition coefficient (Wildman–Crippen LogP) is 5.00. The van der Waals surface area contributed by atoms with E-state index in [0.717, 1.165) is 121 Å². The van der Waals surface area contributed by atoms with E-state index in [9.17, 15) is 24.9 Å². The Morgan fingerprint density at radius 1 is 0.639 bits per heavy atom. The van der Waals surface area contributed by atoms with Gasteiger partial charge in [-0.25, -0.2) is 24.5 Å². The number of ether oxygens (including phenoxy) is 5. The molecule has 3 aromatic rings. The van der Waals surface area contributed by atoms with Crippen LogP contribution in [0, 0.1) is 0 Å². The van der Waals surface area contributed by atoms with Crippen LogP contribution in [-0.2, 0) is 43.4 Å². The van der Waals surface area contributed by atoms with Crippen molar-refractivity contribution < 1.29 is 53.7 Å². The number of nitrogens with one attached hydrogen (secondary N) is 3. The number of β-amino-alcohol motifs (C(OH)–C–C–N with tert-alkyl or cyclic N) is 3. The molecule has 1 unspecified atom stereocenters. The van der Waals surface area contributed by atoms with Crippen LogP contribution in [-0.4, -0.2) is 166 Å². The zero-order valence-corrected chi connectivity index (χ0v) is 43.2. The fraction of sp³-hybridized carbons (Fsp3) is 0.673. The minimum atomic E-state index is -0.564. The van der Waals surface area contributed by atoms with Crippen LogP contribution < -0.4 is 21.7 Å². The van der Waals surface area contributed by atoms with E-state index in [1.54, 1.807) is 26.8 Å². The molecule has 9 rings (SSSR count). The highest BCUT2D eigenvalue weighted by Gasteiger charge is 2.29. The number of amides is 2. The van der Waals surface area contributed by atoms with Crippen LogP contribution in [0.4, 0.5) is 27.0 Å². The van der Waals surface area contributed by atoms with E-state index >= 15 is 0 Å². The molecule has 6 saturated heterocycles. The first-order chi connectivity index (χ1) is 34.3. The molecule has 2 amide bonds. The molecule has 9 N–H and O–H groups in total. The highest BCUT2D eigenvalue weighted by Crippen LogP contribution is 2.32. The molecule has 20 nitrogen and oxygen atoms in total. The summed E-state index contributed by atoms with van der Waals surface area (Å²) in [6.45, 7) is 21.5. The molecule has 0 saturated carbocycles. The number of nitrogen functional groups attached to an aromatic ring is 1. The van der Waals surface area contributed by atoms with E-state index in [1.165, 1.54) is 11.1 Å². The lowest BCUT2D eigenvalue weighted by Gasteiger charge is -2.21. The Labute approximate surface area is 424 Å². The van der Waals surface area contributed by atoms with Crippen molar-refractivity contribution in [2.24, 2.45) is 0 Å². The second-order valence-electron chi connectivity index (χ2n) is 21.3. The molecule has 0 aliphatic carbocycles. The van der Waals surface area contributed by atoms with E-state index in [-0.39, 0.29) is 30.8 Å². The van der Waals surface area contributed by atoms with Crippen molar-refractivity contribution >= 4 is 29.6 Å². The third-order valence-corrected chi connectivity index (χ3v) is 12.8. The van der Waals surface area contributed by atoms with Gasteiger partial charge < -0.3 is 55.2 Å². The van der Waals surface area contributed by atoms with Gasteiger partial charge in [-0.15, -0.1) is 0 Å². The number of nitrogens with two attached hydrogens (primary N) is 1. The topological polar surface area (TPSA) is 268 Å². The first kappa shape index (κ1) is 56.7. The molecule has 20 heteroatoms. The number of carbonyl (C=O) groups is 2. The first-order valence-corrected chi connectivity index (χ1v) is 25.6. The molecule has 6 aliphatic heterocycles. The van der Waals surface area contributed by atoms with Crippen molar-refractivity contribution in [3.8, 4) is 0 Å². The van der Waals surface area contributed by atoms with Crippen LogP contribution in [0.25, 0.3) is 0 Å². The van der Waals surface area contributed by atoms with E-state index in [4.69, 9.17) is 34.5 Å². The van der Waals surface area contributed by atoms with Gasteiger partial charge in [0.1, 0.15) is 28.7 Å². The molecule has 400 valence electrons. The van der Waals surface area contributed by atoms with Gasteiger partial charge in [-0.2, -0.15) is 0 Å². The number of aromatic nitrogens is 3. The minimum absolute atomic E-state index is 0.0648. The molecule has 6 atom stereocenters. The van der Waals surface area contributed by atoms with Gasteiger partial charge in [0.05, 0.1) is 61.8 Å².